The van der Waals surface area contributed by atoms with Crippen LogP contribution in [0.4, 0.5) is 0 Å². The summed E-state index contributed by atoms with van der Waals surface area (Å²) in [5.41, 5.74) is 0. The molecule has 0 aliphatic heterocycles. The van der Waals surface area contributed by atoms with Crippen molar-refractivity contribution >= 4 is 26.2 Å². The van der Waals surface area contributed by atoms with Gasteiger partial charge in [-0.25, -0.2) is 0 Å². The van der Waals surface area contributed by atoms with E-state index in [9.17, 15) is 0 Å². The third-order valence-corrected chi connectivity index (χ3v) is 0. The second kappa shape index (κ2) is 74.2. The van der Waals surface area contributed by atoms with Crippen molar-refractivity contribution in [3.05, 3.63) is 0 Å². The summed E-state index contributed by atoms with van der Waals surface area (Å²) in [6, 6.07) is 0. The number of rotatable bonds is 0. The van der Waals surface area contributed by atoms with E-state index in [0.29, 0.717) is 0 Å². The maximum absolute atomic E-state index is 0. The molecule has 6 heavy (non-hydrogen) atoms. The Labute approximate surface area is 77.0 Å². The van der Waals surface area contributed by atoms with Gasteiger partial charge in [0.15, 0.2) is 0 Å². The summed E-state index contributed by atoms with van der Waals surface area (Å²) in [5, 5.41) is 0. The van der Waals surface area contributed by atoms with E-state index in [-0.39, 0.29) is 77.7 Å². The molecule has 7 N–H and O–H groups in total. The molecular formula is H7BiNaO4. The Bertz CT molecular complexity index is 7.51. The number of hydrogen-bond acceptors (Lipinski definition) is 1. The third-order valence-electron chi connectivity index (χ3n) is 0. The van der Waals surface area contributed by atoms with Crippen LogP contribution in [0.25, 0.3) is 0 Å². The van der Waals surface area contributed by atoms with Crippen molar-refractivity contribution in [2.75, 3.05) is 0 Å². The summed E-state index contributed by atoms with van der Waals surface area (Å²) < 4.78 is 0. The maximum atomic E-state index is 0. The van der Waals surface area contributed by atoms with E-state index in [4.69, 9.17) is 0 Å². The molecular weight excluding hydrogens is 296 g/mol. The molecule has 0 aromatic carbocycles. The monoisotopic (exact) mass is 303 g/mol. The Kier molecular flexibility index (Phi) is 1450. The SMILES string of the molecule is O.O.O.[Bi].[Na+].[OH-]. The Balaban J connectivity index is 0. The molecule has 0 spiro atoms. The zero-order chi connectivity index (χ0) is 0. The Morgan fingerprint density at radius 1 is 0.667 bits per heavy atom. The molecule has 37 valence electrons. The fourth-order valence-corrected chi connectivity index (χ4v) is 0. The molecule has 0 rings (SSSR count). The van der Waals surface area contributed by atoms with Crippen molar-refractivity contribution in [3.63, 3.8) is 0 Å². The minimum absolute atomic E-state index is 0. The Morgan fingerprint density at radius 2 is 0.667 bits per heavy atom. The van der Waals surface area contributed by atoms with Crippen LogP contribution < -0.4 is 29.6 Å². The van der Waals surface area contributed by atoms with Crippen LogP contribution in [0.5, 0.6) is 0 Å². The molecule has 0 aromatic rings. The second-order valence-corrected chi connectivity index (χ2v) is 0. The average molecular weight is 303 g/mol. The molecule has 0 aromatic heterocycles. The minimum Gasteiger partial charge on any atom is -0.870 e. The molecule has 0 saturated heterocycles. The van der Waals surface area contributed by atoms with E-state index < -0.39 is 0 Å². The summed E-state index contributed by atoms with van der Waals surface area (Å²) in [5.74, 6) is 0. The van der Waals surface area contributed by atoms with Gasteiger partial charge in [0, 0.05) is 26.2 Å². The average Bonchev–Trinajstić information content (AvgIpc) is 0. The topological polar surface area (TPSA) is 124 Å². The summed E-state index contributed by atoms with van der Waals surface area (Å²) in [4.78, 5) is 0. The standard InChI is InChI=1S/Bi.Na.4H2O/h;;4*1H2/q;+1;;;;/p-1. The van der Waals surface area contributed by atoms with Crippen molar-refractivity contribution in [2.24, 2.45) is 0 Å². The first kappa shape index (κ1) is 118. The smallest absolute Gasteiger partial charge is 0.870 e. The van der Waals surface area contributed by atoms with Crippen molar-refractivity contribution in [1.29, 1.82) is 0 Å². The molecule has 0 aliphatic carbocycles. The first-order chi connectivity index (χ1) is 0. The fourth-order valence-electron chi connectivity index (χ4n) is 0. The second-order valence-electron chi connectivity index (χ2n) is 0. The minimum atomic E-state index is 0. The van der Waals surface area contributed by atoms with Crippen LogP contribution in [0.2, 0.25) is 0 Å². The molecule has 0 amide bonds. The van der Waals surface area contributed by atoms with E-state index in [1.807, 2.05) is 0 Å². The molecule has 4 nitrogen and oxygen atoms in total. The van der Waals surface area contributed by atoms with Gasteiger partial charge in [-0.15, -0.1) is 0 Å². The van der Waals surface area contributed by atoms with Crippen molar-refractivity contribution < 1.29 is 51.5 Å². The van der Waals surface area contributed by atoms with Crippen molar-refractivity contribution in [1.82, 2.24) is 0 Å². The van der Waals surface area contributed by atoms with Crippen LogP contribution in [0.1, 0.15) is 0 Å². The largest absolute Gasteiger partial charge is 1.00 e. The zero-order valence-electron chi connectivity index (χ0n) is 3.39. The van der Waals surface area contributed by atoms with Gasteiger partial charge >= 0.3 is 29.6 Å². The van der Waals surface area contributed by atoms with Crippen molar-refractivity contribution in [2.45, 2.75) is 0 Å². The quantitative estimate of drug-likeness (QED) is 0.406. The molecule has 0 unspecified atom stereocenters. The molecule has 0 bridgehead atoms. The van der Waals surface area contributed by atoms with Gasteiger partial charge in [-0.2, -0.15) is 0 Å². The zero-order valence-corrected chi connectivity index (χ0v) is 8.87. The molecule has 0 saturated carbocycles. The fraction of sp³-hybridized carbons (Fsp3) is 0. The van der Waals surface area contributed by atoms with Gasteiger partial charge in [0.2, 0.25) is 0 Å². The van der Waals surface area contributed by atoms with Crippen LogP contribution in [0.15, 0.2) is 0 Å². The van der Waals surface area contributed by atoms with Gasteiger partial charge in [0.25, 0.3) is 0 Å². The summed E-state index contributed by atoms with van der Waals surface area (Å²) in [6.45, 7) is 0. The molecule has 0 aliphatic rings. The van der Waals surface area contributed by atoms with Crippen molar-refractivity contribution in [3.8, 4) is 0 Å². The number of hydrogen-bond donors (Lipinski definition) is 0. The molecule has 0 heterocycles. The van der Waals surface area contributed by atoms with Gasteiger partial charge < -0.3 is 21.9 Å². The van der Waals surface area contributed by atoms with Crippen LogP contribution >= 0.6 is 0 Å². The first-order valence-corrected chi connectivity index (χ1v) is 0. The molecule has 6 heteroatoms. The summed E-state index contributed by atoms with van der Waals surface area (Å²) >= 11 is 0. The molecule has 0 fully saturated rings. The first-order valence-electron chi connectivity index (χ1n) is 0. The van der Waals surface area contributed by atoms with Crippen LogP contribution in [-0.4, -0.2) is 48.1 Å². The van der Waals surface area contributed by atoms with Gasteiger partial charge in [-0.1, -0.05) is 0 Å². The predicted molar refractivity (Wildman–Crippen MR) is 18.5 cm³/mol. The van der Waals surface area contributed by atoms with Gasteiger partial charge in [-0.05, 0) is 0 Å². The van der Waals surface area contributed by atoms with Crippen LogP contribution in [0.3, 0.4) is 0 Å². The van der Waals surface area contributed by atoms with Crippen LogP contribution in [-0.2, 0) is 0 Å². The van der Waals surface area contributed by atoms with E-state index in [1.54, 1.807) is 0 Å². The van der Waals surface area contributed by atoms with Gasteiger partial charge in [0.05, 0.1) is 0 Å². The van der Waals surface area contributed by atoms with Gasteiger partial charge in [0.1, 0.15) is 0 Å². The van der Waals surface area contributed by atoms with Crippen LogP contribution in [0, 0.1) is 0 Å². The normalized spacial score (nSPS) is 0. The van der Waals surface area contributed by atoms with E-state index >= 15 is 0 Å². The Hall–Kier alpha value is 1.72. The Morgan fingerprint density at radius 3 is 0.667 bits per heavy atom. The van der Waals surface area contributed by atoms with E-state index in [0.717, 1.165) is 0 Å². The van der Waals surface area contributed by atoms with Gasteiger partial charge in [-0.3, -0.25) is 0 Å². The van der Waals surface area contributed by atoms with E-state index in [2.05, 4.69) is 0 Å². The summed E-state index contributed by atoms with van der Waals surface area (Å²) in [6.07, 6.45) is 0. The van der Waals surface area contributed by atoms with E-state index in [1.165, 1.54) is 0 Å². The summed E-state index contributed by atoms with van der Waals surface area (Å²) in [7, 11) is 0. The molecule has 3 radical (unpaired) electrons. The third kappa shape index (κ3) is 43.0. The predicted octanol–water partition coefficient (Wildman–Crippen LogP) is -6.03. The molecule has 0 atom stereocenters. The maximum Gasteiger partial charge on any atom is 1.00 e.